The van der Waals surface area contributed by atoms with E-state index in [1.807, 2.05) is 18.4 Å². The number of ether oxygens (including phenoxy) is 1. The van der Waals surface area contributed by atoms with Crippen LogP contribution in [0.3, 0.4) is 0 Å². The van der Waals surface area contributed by atoms with Crippen molar-refractivity contribution in [1.82, 2.24) is 5.43 Å². The second-order valence-corrected chi connectivity index (χ2v) is 3.23. The number of thiophene rings is 1. The predicted molar refractivity (Wildman–Crippen MR) is 55.3 cm³/mol. The number of amidine groups is 1. The van der Waals surface area contributed by atoms with Gasteiger partial charge in [0.1, 0.15) is 5.75 Å². The molecule has 72 valence electrons. The van der Waals surface area contributed by atoms with Gasteiger partial charge in [0.05, 0.1) is 12.0 Å². The zero-order valence-corrected chi connectivity index (χ0v) is 8.52. The summed E-state index contributed by atoms with van der Waals surface area (Å²) in [5.41, 5.74) is 2.56. The van der Waals surface area contributed by atoms with Gasteiger partial charge in [-0.05, 0) is 6.92 Å². The van der Waals surface area contributed by atoms with Crippen LogP contribution >= 0.6 is 11.3 Å². The standard InChI is InChI=1S/C8H13N3OS/c1-3-10-8(11-9)7-4-6(12-2)5-13-7/h4-5H,3,9H2,1-2H3,(H,10,11). The highest BCUT2D eigenvalue weighted by atomic mass is 32.1. The molecule has 1 rings (SSSR count). The van der Waals surface area contributed by atoms with Crippen molar-refractivity contribution < 1.29 is 4.74 Å². The molecule has 0 aromatic carbocycles. The van der Waals surface area contributed by atoms with Crippen LogP contribution < -0.4 is 16.0 Å². The van der Waals surface area contributed by atoms with Gasteiger partial charge in [-0.1, -0.05) is 0 Å². The minimum atomic E-state index is 0.704. The van der Waals surface area contributed by atoms with Gasteiger partial charge >= 0.3 is 0 Å². The molecule has 0 aliphatic heterocycles. The Morgan fingerprint density at radius 3 is 3.00 bits per heavy atom. The molecule has 0 aliphatic rings. The molecule has 1 aromatic heterocycles. The van der Waals surface area contributed by atoms with Gasteiger partial charge in [0.15, 0.2) is 5.84 Å². The van der Waals surface area contributed by atoms with Crippen LogP contribution in [0.2, 0.25) is 0 Å². The molecule has 0 unspecified atom stereocenters. The van der Waals surface area contributed by atoms with E-state index in [4.69, 9.17) is 10.6 Å². The molecule has 0 radical (unpaired) electrons. The minimum absolute atomic E-state index is 0.704. The summed E-state index contributed by atoms with van der Waals surface area (Å²) in [6.07, 6.45) is 0. The van der Waals surface area contributed by atoms with Crippen molar-refractivity contribution in [2.75, 3.05) is 13.7 Å². The van der Waals surface area contributed by atoms with Crippen molar-refractivity contribution >= 4 is 17.2 Å². The number of hydrogen-bond acceptors (Lipinski definition) is 4. The van der Waals surface area contributed by atoms with Crippen LogP contribution in [0.15, 0.2) is 16.4 Å². The Bertz CT molecular complexity index is 295. The van der Waals surface area contributed by atoms with E-state index < -0.39 is 0 Å². The third-order valence-corrected chi connectivity index (χ3v) is 2.41. The van der Waals surface area contributed by atoms with Crippen molar-refractivity contribution in [1.29, 1.82) is 0 Å². The minimum Gasteiger partial charge on any atom is -0.496 e. The van der Waals surface area contributed by atoms with Crippen LogP contribution in [-0.4, -0.2) is 19.5 Å². The molecule has 1 heterocycles. The number of aliphatic imine (C=N–C) groups is 1. The number of methoxy groups -OCH3 is 1. The lowest BCUT2D eigenvalue weighted by molar-refractivity contribution is 0.416. The van der Waals surface area contributed by atoms with Gasteiger partial charge < -0.3 is 10.2 Å². The van der Waals surface area contributed by atoms with Crippen molar-refractivity contribution in [2.45, 2.75) is 6.92 Å². The van der Waals surface area contributed by atoms with Crippen LogP contribution in [0.5, 0.6) is 5.75 Å². The van der Waals surface area contributed by atoms with Gasteiger partial charge in [-0.3, -0.25) is 4.99 Å². The molecular weight excluding hydrogens is 186 g/mol. The van der Waals surface area contributed by atoms with Crippen molar-refractivity contribution in [3.8, 4) is 5.75 Å². The average molecular weight is 199 g/mol. The van der Waals surface area contributed by atoms with Gasteiger partial charge in [0.2, 0.25) is 0 Å². The Kier molecular flexibility index (Phi) is 3.72. The van der Waals surface area contributed by atoms with E-state index in [1.165, 1.54) is 0 Å². The SMILES string of the molecule is CCN=C(NN)c1cc(OC)cs1. The maximum atomic E-state index is 5.33. The maximum absolute atomic E-state index is 5.33. The van der Waals surface area contributed by atoms with Crippen LogP contribution in [0.4, 0.5) is 0 Å². The third kappa shape index (κ3) is 2.43. The molecule has 0 fully saturated rings. The first-order chi connectivity index (χ1) is 6.31. The Labute approximate surface area is 81.4 Å². The molecule has 0 atom stereocenters. The second kappa shape index (κ2) is 4.84. The van der Waals surface area contributed by atoms with Crippen molar-refractivity contribution in [3.63, 3.8) is 0 Å². The molecule has 0 saturated carbocycles. The lowest BCUT2D eigenvalue weighted by atomic mass is 10.4. The summed E-state index contributed by atoms with van der Waals surface area (Å²) in [5.74, 6) is 6.86. The molecule has 13 heavy (non-hydrogen) atoms. The monoisotopic (exact) mass is 199 g/mol. The summed E-state index contributed by atoms with van der Waals surface area (Å²) < 4.78 is 5.05. The first-order valence-electron chi connectivity index (χ1n) is 3.95. The first-order valence-corrected chi connectivity index (χ1v) is 4.83. The molecule has 4 nitrogen and oxygen atoms in total. The summed E-state index contributed by atoms with van der Waals surface area (Å²) in [6.45, 7) is 2.67. The highest BCUT2D eigenvalue weighted by Crippen LogP contribution is 2.20. The normalized spacial score (nSPS) is 11.5. The van der Waals surface area contributed by atoms with E-state index in [9.17, 15) is 0 Å². The van der Waals surface area contributed by atoms with E-state index in [0.29, 0.717) is 12.4 Å². The molecule has 0 aliphatic carbocycles. The van der Waals surface area contributed by atoms with Crippen LogP contribution in [-0.2, 0) is 0 Å². The fraction of sp³-hybridized carbons (Fsp3) is 0.375. The van der Waals surface area contributed by atoms with Crippen LogP contribution in [0.1, 0.15) is 11.8 Å². The Morgan fingerprint density at radius 1 is 1.77 bits per heavy atom. The Morgan fingerprint density at radius 2 is 2.54 bits per heavy atom. The average Bonchev–Trinajstić information content (AvgIpc) is 2.62. The van der Waals surface area contributed by atoms with Crippen LogP contribution in [0.25, 0.3) is 0 Å². The van der Waals surface area contributed by atoms with E-state index in [2.05, 4.69) is 10.4 Å². The summed E-state index contributed by atoms with van der Waals surface area (Å²) in [4.78, 5) is 5.18. The topological polar surface area (TPSA) is 59.6 Å². The molecular formula is C8H13N3OS. The molecule has 0 spiro atoms. The number of rotatable bonds is 3. The predicted octanol–water partition coefficient (Wildman–Crippen LogP) is 0.987. The molecule has 0 amide bonds. The maximum Gasteiger partial charge on any atom is 0.152 e. The molecule has 0 saturated heterocycles. The van der Waals surface area contributed by atoms with E-state index in [-0.39, 0.29) is 0 Å². The van der Waals surface area contributed by atoms with Gasteiger partial charge in [0, 0.05) is 18.0 Å². The zero-order chi connectivity index (χ0) is 9.68. The largest absolute Gasteiger partial charge is 0.496 e. The van der Waals surface area contributed by atoms with Gasteiger partial charge in [-0.25, -0.2) is 5.84 Å². The van der Waals surface area contributed by atoms with Crippen LogP contribution in [0, 0.1) is 0 Å². The number of nitrogens with zero attached hydrogens (tertiary/aromatic N) is 1. The fourth-order valence-electron chi connectivity index (χ4n) is 0.903. The Balaban J connectivity index is 2.85. The molecule has 1 aromatic rings. The number of hydrogen-bond donors (Lipinski definition) is 2. The molecule has 3 N–H and O–H groups in total. The third-order valence-electron chi connectivity index (χ3n) is 1.50. The smallest absolute Gasteiger partial charge is 0.152 e. The lowest BCUT2D eigenvalue weighted by Gasteiger charge is -2.00. The summed E-state index contributed by atoms with van der Waals surface area (Å²) in [6, 6.07) is 1.90. The second-order valence-electron chi connectivity index (χ2n) is 2.32. The lowest BCUT2D eigenvalue weighted by Crippen LogP contribution is -2.30. The van der Waals surface area contributed by atoms with Gasteiger partial charge in [-0.2, -0.15) is 0 Å². The quantitative estimate of drug-likeness (QED) is 0.330. The van der Waals surface area contributed by atoms with Crippen molar-refractivity contribution in [2.24, 2.45) is 10.8 Å². The van der Waals surface area contributed by atoms with Crippen molar-refractivity contribution in [3.05, 3.63) is 16.3 Å². The van der Waals surface area contributed by atoms with E-state index >= 15 is 0 Å². The molecule has 0 bridgehead atoms. The zero-order valence-electron chi connectivity index (χ0n) is 7.70. The first kappa shape index (κ1) is 10.0. The number of nitrogens with two attached hydrogens (primary N) is 1. The summed E-state index contributed by atoms with van der Waals surface area (Å²) in [7, 11) is 1.64. The highest BCUT2D eigenvalue weighted by molar-refractivity contribution is 7.12. The highest BCUT2D eigenvalue weighted by Gasteiger charge is 2.04. The number of hydrazine groups is 1. The number of nitrogens with one attached hydrogen (secondary N) is 1. The Hall–Kier alpha value is -1.07. The van der Waals surface area contributed by atoms with E-state index in [0.717, 1.165) is 10.6 Å². The van der Waals surface area contributed by atoms with Gasteiger partial charge in [0.25, 0.3) is 0 Å². The molecule has 5 heteroatoms. The van der Waals surface area contributed by atoms with Gasteiger partial charge in [-0.15, -0.1) is 11.3 Å². The summed E-state index contributed by atoms with van der Waals surface area (Å²) >= 11 is 1.55. The summed E-state index contributed by atoms with van der Waals surface area (Å²) in [5, 5.41) is 1.91. The van der Waals surface area contributed by atoms with E-state index in [1.54, 1.807) is 18.4 Å². The fourth-order valence-corrected chi connectivity index (χ4v) is 1.73.